The Bertz CT molecular complexity index is 999. The van der Waals surface area contributed by atoms with Crippen LogP contribution in [-0.4, -0.2) is 40.3 Å². The summed E-state index contributed by atoms with van der Waals surface area (Å²) in [7, 11) is -0.491. The molecule has 7 heteroatoms. The maximum atomic E-state index is 11.5. The van der Waals surface area contributed by atoms with Gasteiger partial charge in [0.25, 0.3) is 8.32 Å². The first-order valence-electron chi connectivity index (χ1n) is 14.5. The average molecular weight is 555 g/mol. The molecule has 0 unspecified atom stereocenters. The number of carbonyl (C=O) groups is 2. The third kappa shape index (κ3) is 9.80. The lowest BCUT2D eigenvalue weighted by Gasteiger charge is -2.42. The van der Waals surface area contributed by atoms with E-state index in [-0.39, 0.29) is 0 Å². The maximum absolute atomic E-state index is 11.5. The molecule has 0 aliphatic carbocycles. The molecular weight excluding hydrogens is 504 g/mol. The molecular formula is C32H50N2O4Si. The Morgan fingerprint density at radius 3 is 1.87 bits per heavy atom. The highest BCUT2D eigenvalue weighted by Crippen LogP contribution is 2.42. The molecule has 2 aromatic carbocycles. The molecule has 0 radical (unpaired) electrons. The Morgan fingerprint density at radius 2 is 1.33 bits per heavy atom. The first-order valence-corrected chi connectivity index (χ1v) is 16.7. The second-order valence-corrected chi connectivity index (χ2v) is 16.7. The van der Waals surface area contributed by atoms with Crippen LogP contribution < -0.4 is 15.1 Å². The summed E-state index contributed by atoms with van der Waals surface area (Å²) in [5.41, 5.74) is 5.51. The van der Waals surface area contributed by atoms with Gasteiger partial charge < -0.3 is 19.8 Å². The highest BCUT2D eigenvalue weighted by molar-refractivity contribution is 6.78. The normalized spacial score (nSPS) is 11.7. The number of benzene rings is 2. The summed E-state index contributed by atoms with van der Waals surface area (Å²) < 4.78 is 12.8. The van der Waals surface area contributed by atoms with Crippen molar-refractivity contribution in [3.05, 3.63) is 65.2 Å². The lowest BCUT2D eigenvalue weighted by molar-refractivity contribution is -0.138. The van der Waals surface area contributed by atoms with Gasteiger partial charge in [-0.15, -0.1) is 0 Å². The van der Waals surface area contributed by atoms with Crippen molar-refractivity contribution in [3.8, 4) is 5.75 Å². The van der Waals surface area contributed by atoms with Crippen molar-refractivity contribution in [3.63, 3.8) is 0 Å². The number of hydrogen-bond donors (Lipinski definition) is 2. The fourth-order valence-electron chi connectivity index (χ4n) is 5.65. The molecule has 2 aromatic rings. The van der Waals surface area contributed by atoms with Crippen molar-refractivity contribution in [1.82, 2.24) is 10.6 Å². The van der Waals surface area contributed by atoms with Gasteiger partial charge in [0.05, 0.1) is 6.61 Å². The summed E-state index contributed by atoms with van der Waals surface area (Å²) in [5, 5.41) is 4.98. The second kappa shape index (κ2) is 16.5. The molecule has 39 heavy (non-hydrogen) atoms. The molecule has 2 N–H and O–H groups in total. The smallest absolute Gasteiger partial charge is 0.309 e. The molecule has 216 valence electrons. The van der Waals surface area contributed by atoms with Crippen molar-refractivity contribution < 1.29 is 18.8 Å². The number of hydrogen-bond acceptors (Lipinski definition) is 4. The second-order valence-electron chi connectivity index (χ2n) is 11.3. The van der Waals surface area contributed by atoms with E-state index in [1.165, 1.54) is 18.2 Å². The summed E-state index contributed by atoms with van der Waals surface area (Å²) in [4.78, 5) is 22.8. The molecule has 0 atom stereocenters. The van der Waals surface area contributed by atoms with E-state index in [4.69, 9.17) is 9.16 Å². The van der Waals surface area contributed by atoms with Crippen LogP contribution in [0.3, 0.4) is 0 Å². The zero-order valence-electron chi connectivity index (χ0n) is 25.1. The summed E-state index contributed by atoms with van der Waals surface area (Å²) in [5.74, 6) is -0.197. The van der Waals surface area contributed by atoms with E-state index in [1.54, 1.807) is 0 Å². The molecule has 2 rings (SSSR count). The van der Waals surface area contributed by atoms with Gasteiger partial charge in [-0.2, -0.15) is 0 Å². The summed E-state index contributed by atoms with van der Waals surface area (Å²) in [6, 6.07) is 17.0. The van der Waals surface area contributed by atoms with E-state index in [9.17, 15) is 9.59 Å². The first kappa shape index (κ1) is 32.6. The maximum Gasteiger partial charge on any atom is 0.309 e. The fraction of sp³-hybridized carbons (Fsp3) is 0.562. The van der Waals surface area contributed by atoms with Gasteiger partial charge in [0, 0.05) is 20.2 Å². The van der Waals surface area contributed by atoms with Gasteiger partial charge in [0.1, 0.15) is 5.75 Å². The van der Waals surface area contributed by atoms with Crippen molar-refractivity contribution in [1.29, 1.82) is 0 Å². The Kier molecular flexibility index (Phi) is 13.7. The van der Waals surface area contributed by atoms with Crippen LogP contribution in [0.25, 0.3) is 0 Å². The third-order valence-electron chi connectivity index (χ3n) is 7.64. The predicted molar refractivity (Wildman–Crippen MR) is 163 cm³/mol. The van der Waals surface area contributed by atoms with Crippen molar-refractivity contribution in [2.45, 2.75) is 96.9 Å². The number of amides is 2. The van der Waals surface area contributed by atoms with Gasteiger partial charge in [-0.05, 0) is 77.6 Å². The molecule has 0 spiro atoms. The highest BCUT2D eigenvalue weighted by atomic mass is 28.4. The molecule has 0 aliphatic heterocycles. The Hall–Kier alpha value is -2.64. The van der Waals surface area contributed by atoms with E-state index in [0.717, 1.165) is 43.4 Å². The summed E-state index contributed by atoms with van der Waals surface area (Å²) in [6.07, 6.45) is 4.68. The van der Waals surface area contributed by atoms with Crippen molar-refractivity contribution in [2.75, 3.05) is 20.2 Å². The van der Waals surface area contributed by atoms with Crippen LogP contribution in [0.4, 0.5) is 0 Å². The largest absolute Gasteiger partial charge is 0.543 e. The summed E-state index contributed by atoms with van der Waals surface area (Å²) >= 11 is 0. The SMILES string of the molecule is CNC(=O)C(=O)NCCCCc1ccccc1CCCOCc1ccc(O[Si](C(C)C)(C(C)C)C(C)C)cc1. The number of carbonyl (C=O) groups excluding carboxylic acids is 2. The van der Waals surface area contributed by atoms with Crippen LogP contribution in [0, 0.1) is 0 Å². The molecule has 0 fully saturated rings. The minimum atomic E-state index is -1.94. The molecule has 0 saturated carbocycles. The zero-order chi connectivity index (χ0) is 28.8. The molecule has 2 amide bonds. The van der Waals surface area contributed by atoms with E-state index >= 15 is 0 Å². The molecule has 0 saturated heterocycles. The monoisotopic (exact) mass is 554 g/mol. The number of nitrogens with one attached hydrogen (secondary N) is 2. The van der Waals surface area contributed by atoms with Gasteiger partial charge in [0.15, 0.2) is 0 Å². The third-order valence-corrected chi connectivity index (χ3v) is 13.6. The van der Waals surface area contributed by atoms with Gasteiger partial charge in [-0.25, -0.2) is 0 Å². The predicted octanol–water partition coefficient (Wildman–Crippen LogP) is 6.58. The topological polar surface area (TPSA) is 76.7 Å². The highest BCUT2D eigenvalue weighted by Gasteiger charge is 2.46. The average Bonchev–Trinajstić information content (AvgIpc) is 2.91. The Labute approximate surface area is 237 Å². The van der Waals surface area contributed by atoms with Crippen molar-refractivity contribution >= 4 is 20.1 Å². The van der Waals surface area contributed by atoms with Crippen LogP contribution in [0.1, 0.15) is 77.5 Å². The lowest BCUT2D eigenvalue weighted by atomic mass is 9.98. The molecule has 0 aliphatic rings. The van der Waals surface area contributed by atoms with Crippen LogP contribution >= 0.6 is 0 Å². The number of ether oxygens (including phenoxy) is 1. The van der Waals surface area contributed by atoms with E-state index in [0.29, 0.717) is 36.4 Å². The van der Waals surface area contributed by atoms with E-state index in [1.807, 2.05) is 0 Å². The van der Waals surface area contributed by atoms with E-state index in [2.05, 4.69) is 101 Å². The molecule has 0 bridgehead atoms. The minimum Gasteiger partial charge on any atom is -0.543 e. The Morgan fingerprint density at radius 1 is 0.769 bits per heavy atom. The van der Waals surface area contributed by atoms with Crippen molar-refractivity contribution in [2.24, 2.45) is 0 Å². The van der Waals surface area contributed by atoms with Gasteiger partial charge in [-0.1, -0.05) is 77.9 Å². The van der Waals surface area contributed by atoms with Crippen LogP contribution in [0.5, 0.6) is 5.75 Å². The Balaban J connectivity index is 1.76. The zero-order valence-corrected chi connectivity index (χ0v) is 26.1. The summed E-state index contributed by atoms with van der Waals surface area (Å²) in [6.45, 7) is 15.7. The quantitative estimate of drug-likeness (QED) is 0.140. The van der Waals surface area contributed by atoms with Crippen LogP contribution in [0.2, 0.25) is 16.6 Å². The molecule has 6 nitrogen and oxygen atoms in total. The van der Waals surface area contributed by atoms with E-state index < -0.39 is 20.1 Å². The van der Waals surface area contributed by atoms with Gasteiger partial charge in [0.2, 0.25) is 0 Å². The molecule has 0 heterocycles. The van der Waals surface area contributed by atoms with Gasteiger partial charge in [-0.3, -0.25) is 9.59 Å². The van der Waals surface area contributed by atoms with Crippen LogP contribution in [-0.2, 0) is 33.8 Å². The lowest BCUT2D eigenvalue weighted by Crippen LogP contribution is -2.50. The number of unbranched alkanes of at least 4 members (excludes halogenated alkanes) is 1. The van der Waals surface area contributed by atoms with Crippen LogP contribution in [0.15, 0.2) is 48.5 Å². The molecule has 0 aromatic heterocycles. The number of rotatable bonds is 16. The minimum absolute atomic E-state index is 0.505. The van der Waals surface area contributed by atoms with Gasteiger partial charge >= 0.3 is 11.8 Å². The number of likely N-dealkylation sites (N-methyl/N-ethyl adjacent to an activating group) is 1. The standard InChI is InChI=1S/C32H50N2O4Si/c1-24(2)39(25(3)4,26(5)6)38-30-19-17-27(18-20-30)23-37-22-12-16-29-14-9-8-13-28(29)15-10-11-21-34-32(36)31(35)33-7/h8-9,13-14,17-20,24-26H,10-12,15-16,21-23H2,1-7H3,(H,33,35)(H,34,36). The first-order chi connectivity index (χ1) is 18.6. The number of aryl methyl sites for hydroxylation is 2. The fourth-order valence-corrected chi connectivity index (χ4v) is 10.9.